The van der Waals surface area contributed by atoms with Crippen molar-refractivity contribution in [2.75, 3.05) is 11.5 Å². The molecule has 0 aliphatic heterocycles. The molecule has 0 aliphatic carbocycles. The lowest BCUT2D eigenvalue weighted by Gasteiger charge is -2.25. The van der Waals surface area contributed by atoms with Gasteiger partial charge in [0.05, 0.1) is 22.7 Å². The summed E-state index contributed by atoms with van der Waals surface area (Å²) in [6.45, 7) is 1.99. The molecule has 0 saturated heterocycles. The zero-order valence-corrected chi connectivity index (χ0v) is 16.7. The van der Waals surface area contributed by atoms with Gasteiger partial charge >= 0.3 is 11.9 Å². The lowest BCUT2D eigenvalue weighted by atomic mass is 10.0. The van der Waals surface area contributed by atoms with Crippen molar-refractivity contribution in [1.29, 1.82) is 0 Å². The van der Waals surface area contributed by atoms with Gasteiger partial charge in [-0.1, -0.05) is 42.5 Å². The SMILES string of the molecule is CCOC(=O)c1ccc(N(Cc2ccccc2)c2ccccc2[N+](=O)[O-])cc1C(=O)O. The fourth-order valence-electron chi connectivity index (χ4n) is 3.19. The van der Waals surface area contributed by atoms with Crippen LogP contribution < -0.4 is 4.90 Å². The smallest absolute Gasteiger partial charge is 0.338 e. The average molecular weight is 420 g/mol. The number of hydrogen-bond acceptors (Lipinski definition) is 6. The number of aromatic carboxylic acids is 1. The maximum atomic E-state index is 12.2. The van der Waals surface area contributed by atoms with E-state index in [0.717, 1.165) is 5.56 Å². The van der Waals surface area contributed by atoms with Crippen LogP contribution in [-0.4, -0.2) is 28.6 Å². The Morgan fingerprint density at radius 2 is 1.68 bits per heavy atom. The molecule has 1 N–H and O–H groups in total. The topological polar surface area (TPSA) is 110 Å². The summed E-state index contributed by atoms with van der Waals surface area (Å²) < 4.78 is 4.94. The minimum atomic E-state index is -1.30. The third-order valence-electron chi connectivity index (χ3n) is 4.59. The van der Waals surface area contributed by atoms with Gasteiger partial charge in [-0.25, -0.2) is 9.59 Å². The number of carboxylic acids is 1. The maximum Gasteiger partial charge on any atom is 0.338 e. The molecule has 8 nitrogen and oxygen atoms in total. The summed E-state index contributed by atoms with van der Waals surface area (Å²) in [6.07, 6.45) is 0. The number of carbonyl (C=O) groups is 2. The molecule has 158 valence electrons. The molecule has 0 radical (unpaired) electrons. The molecule has 0 saturated carbocycles. The number of anilines is 2. The third-order valence-corrected chi connectivity index (χ3v) is 4.59. The molecule has 31 heavy (non-hydrogen) atoms. The van der Waals surface area contributed by atoms with Crippen molar-refractivity contribution in [1.82, 2.24) is 0 Å². The van der Waals surface area contributed by atoms with Gasteiger partial charge in [0, 0.05) is 18.3 Å². The van der Waals surface area contributed by atoms with E-state index in [4.69, 9.17) is 4.74 Å². The second-order valence-corrected chi connectivity index (χ2v) is 6.57. The molecule has 0 amide bonds. The highest BCUT2D eigenvalue weighted by atomic mass is 16.6. The first-order chi connectivity index (χ1) is 14.9. The Hall–Kier alpha value is -4.20. The molecule has 8 heteroatoms. The van der Waals surface area contributed by atoms with E-state index in [1.165, 1.54) is 18.2 Å². The number of ether oxygens (including phenoxy) is 1. The van der Waals surface area contributed by atoms with Gasteiger partial charge in [-0.2, -0.15) is 0 Å². The number of esters is 1. The number of carboxylic acid groups (broad SMARTS) is 1. The molecular formula is C23H20N2O6. The summed E-state index contributed by atoms with van der Waals surface area (Å²) in [7, 11) is 0. The molecule has 3 aromatic rings. The quantitative estimate of drug-likeness (QED) is 0.316. The fraction of sp³-hybridized carbons (Fsp3) is 0.130. The van der Waals surface area contributed by atoms with Gasteiger partial charge in [0.1, 0.15) is 5.69 Å². The van der Waals surface area contributed by atoms with Gasteiger partial charge in [0.25, 0.3) is 5.69 Å². The van der Waals surface area contributed by atoms with E-state index >= 15 is 0 Å². The summed E-state index contributed by atoms with van der Waals surface area (Å²) >= 11 is 0. The number of benzene rings is 3. The predicted molar refractivity (Wildman–Crippen MR) is 115 cm³/mol. The fourth-order valence-corrected chi connectivity index (χ4v) is 3.19. The Morgan fingerprint density at radius 3 is 2.32 bits per heavy atom. The highest BCUT2D eigenvalue weighted by Crippen LogP contribution is 2.35. The zero-order valence-electron chi connectivity index (χ0n) is 16.7. The normalized spacial score (nSPS) is 10.4. The lowest BCUT2D eigenvalue weighted by Crippen LogP contribution is -2.19. The van der Waals surface area contributed by atoms with Crippen LogP contribution in [0.1, 0.15) is 33.2 Å². The summed E-state index contributed by atoms with van der Waals surface area (Å²) in [5.74, 6) is -2.04. The van der Waals surface area contributed by atoms with E-state index in [-0.39, 0.29) is 30.0 Å². The number of nitrogens with zero attached hydrogens (tertiary/aromatic N) is 2. The number of rotatable bonds is 8. The van der Waals surface area contributed by atoms with E-state index < -0.39 is 16.9 Å². The molecule has 0 heterocycles. The van der Waals surface area contributed by atoms with E-state index in [1.807, 2.05) is 30.3 Å². The Labute approximate surface area is 178 Å². The van der Waals surface area contributed by atoms with Crippen molar-refractivity contribution in [2.24, 2.45) is 0 Å². The molecule has 0 spiro atoms. The van der Waals surface area contributed by atoms with Crippen molar-refractivity contribution in [3.63, 3.8) is 0 Å². The van der Waals surface area contributed by atoms with Gasteiger partial charge in [-0.15, -0.1) is 0 Å². The minimum absolute atomic E-state index is 0.0830. The number of nitro benzene ring substituents is 1. The summed E-state index contributed by atoms with van der Waals surface area (Å²) in [6, 6.07) is 19.8. The first-order valence-electron chi connectivity index (χ1n) is 9.51. The second kappa shape index (κ2) is 9.53. The molecule has 0 bridgehead atoms. The van der Waals surface area contributed by atoms with Gasteiger partial charge in [-0.05, 0) is 36.8 Å². The van der Waals surface area contributed by atoms with Crippen LogP contribution in [0.25, 0.3) is 0 Å². The van der Waals surface area contributed by atoms with E-state index in [0.29, 0.717) is 11.4 Å². The summed E-state index contributed by atoms with van der Waals surface area (Å²) in [5, 5.41) is 21.3. The van der Waals surface area contributed by atoms with Crippen molar-refractivity contribution in [3.05, 3.63) is 99.6 Å². The molecule has 0 aromatic heterocycles. The minimum Gasteiger partial charge on any atom is -0.478 e. The molecule has 0 unspecified atom stereocenters. The Balaban J connectivity index is 2.16. The van der Waals surface area contributed by atoms with Crippen LogP contribution in [-0.2, 0) is 11.3 Å². The molecule has 3 rings (SSSR count). The number of hydrogen-bond donors (Lipinski definition) is 1. The third kappa shape index (κ3) is 4.87. The molecule has 3 aromatic carbocycles. The zero-order chi connectivity index (χ0) is 22.4. The van der Waals surface area contributed by atoms with E-state index in [9.17, 15) is 24.8 Å². The van der Waals surface area contributed by atoms with Gasteiger partial charge < -0.3 is 14.7 Å². The summed E-state index contributed by atoms with van der Waals surface area (Å²) in [4.78, 5) is 36.8. The molecular weight excluding hydrogens is 400 g/mol. The van der Waals surface area contributed by atoms with Crippen molar-refractivity contribution in [3.8, 4) is 0 Å². The van der Waals surface area contributed by atoms with Gasteiger partial charge in [0.15, 0.2) is 0 Å². The molecule has 0 atom stereocenters. The van der Waals surface area contributed by atoms with Crippen LogP contribution in [0, 0.1) is 10.1 Å². The average Bonchev–Trinajstić information content (AvgIpc) is 2.78. The van der Waals surface area contributed by atoms with Crippen molar-refractivity contribution < 1.29 is 24.4 Å². The molecule has 0 aliphatic rings. The monoisotopic (exact) mass is 420 g/mol. The lowest BCUT2D eigenvalue weighted by molar-refractivity contribution is -0.384. The Morgan fingerprint density at radius 1 is 1.00 bits per heavy atom. The number of nitro groups is 1. The Bertz CT molecular complexity index is 1110. The Kier molecular flexibility index (Phi) is 6.61. The van der Waals surface area contributed by atoms with Crippen LogP contribution in [0.5, 0.6) is 0 Å². The van der Waals surface area contributed by atoms with Crippen LogP contribution in [0.2, 0.25) is 0 Å². The van der Waals surface area contributed by atoms with Crippen molar-refractivity contribution in [2.45, 2.75) is 13.5 Å². The van der Waals surface area contributed by atoms with E-state index in [2.05, 4.69) is 0 Å². The van der Waals surface area contributed by atoms with Crippen molar-refractivity contribution >= 4 is 29.0 Å². The standard InChI is InChI=1S/C23H20N2O6/c1-2-31-23(28)18-13-12-17(14-19(18)22(26)27)24(15-16-8-4-3-5-9-16)20-10-6-7-11-21(20)25(29)30/h3-14H,2,15H2,1H3,(H,26,27). The van der Waals surface area contributed by atoms with E-state index in [1.54, 1.807) is 36.1 Å². The largest absolute Gasteiger partial charge is 0.478 e. The highest BCUT2D eigenvalue weighted by molar-refractivity contribution is 6.03. The maximum absolute atomic E-state index is 12.2. The number of para-hydroxylation sites is 2. The van der Waals surface area contributed by atoms with Gasteiger partial charge in [-0.3, -0.25) is 10.1 Å². The van der Waals surface area contributed by atoms with Crippen LogP contribution in [0.4, 0.5) is 17.1 Å². The summed E-state index contributed by atoms with van der Waals surface area (Å²) in [5.41, 5.74) is 1.12. The second-order valence-electron chi connectivity index (χ2n) is 6.57. The highest BCUT2D eigenvalue weighted by Gasteiger charge is 2.24. The molecule has 0 fully saturated rings. The predicted octanol–water partition coefficient (Wildman–Crippen LogP) is 4.81. The van der Waals surface area contributed by atoms with Crippen LogP contribution in [0.3, 0.4) is 0 Å². The first-order valence-corrected chi connectivity index (χ1v) is 9.51. The first kappa shape index (κ1) is 21.5. The van der Waals surface area contributed by atoms with Crippen LogP contribution >= 0.6 is 0 Å². The van der Waals surface area contributed by atoms with Crippen LogP contribution in [0.15, 0.2) is 72.8 Å². The number of carbonyl (C=O) groups excluding carboxylic acids is 1. The van der Waals surface area contributed by atoms with Gasteiger partial charge in [0.2, 0.25) is 0 Å².